The molecule has 0 bridgehead atoms. The number of carbonyl (C=O) groups is 5. The fourth-order valence-electron chi connectivity index (χ4n) is 8.95. The van der Waals surface area contributed by atoms with Gasteiger partial charge in [-0.2, -0.15) is 0 Å². The Hall–Kier alpha value is -5.05. The molecule has 15 heteroatoms. The van der Waals surface area contributed by atoms with Gasteiger partial charge in [-0.05, 0) is 119 Å². The number of phenols is 1. The molecular weight excluding hydrogens is 746 g/mol. The number of carbonyl (C=O) groups excluding carboxylic acids is 5. The third-order valence-electron chi connectivity index (χ3n) is 12.1. The molecule has 6 rings (SSSR count). The molecule has 0 saturated carbocycles. The predicted octanol–water partition coefficient (Wildman–Crippen LogP) is 5.62. The van der Waals surface area contributed by atoms with Crippen LogP contribution in [0.2, 0.25) is 0 Å². The van der Waals surface area contributed by atoms with Crippen molar-refractivity contribution in [3.63, 3.8) is 0 Å². The van der Waals surface area contributed by atoms with Gasteiger partial charge in [0.05, 0.1) is 13.2 Å². The number of rotatable bonds is 11. The fraction of sp³-hybridized carbons (Fsp3) is 0.605. The number of urea groups is 1. The smallest absolute Gasteiger partial charge is 0.507 e. The summed E-state index contributed by atoms with van der Waals surface area (Å²) in [7, 11) is 0. The molecule has 2 aromatic carbocycles. The van der Waals surface area contributed by atoms with Crippen LogP contribution in [0.3, 0.4) is 0 Å². The molecule has 2 aromatic rings. The molecular formula is C43H59N5O10. The summed E-state index contributed by atoms with van der Waals surface area (Å²) in [5.74, 6) is 0.414. The summed E-state index contributed by atoms with van der Waals surface area (Å²) in [4.78, 5) is 72.4. The Kier molecular flexibility index (Phi) is 14.4. The van der Waals surface area contributed by atoms with Crippen molar-refractivity contribution >= 4 is 35.8 Å². The average Bonchev–Trinajstić information content (AvgIpc) is 3.37. The van der Waals surface area contributed by atoms with E-state index < -0.39 is 30.6 Å². The second-order valence-electron chi connectivity index (χ2n) is 16.0. The maximum absolute atomic E-state index is 14.2. The van der Waals surface area contributed by atoms with E-state index in [-0.39, 0.29) is 43.3 Å². The summed E-state index contributed by atoms with van der Waals surface area (Å²) in [6.07, 6.45) is 2.19. The Bertz CT molecular complexity index is 1760. The SMILES string of the molecule is CCOC(=O)OC(C)OC(=O)CN1CCC(C2CCN(C(=O)[C@@H](Cc3cc(C)c(O)c(C)c3)OC(=O)N3CCC(N4CCc5ccccc5NC4=O)CC3)CC2)CC1. The number of hydrogen-bond acceptors (Lipinski definition) is 11. The highest BCUT2D eigenvalue weighted by Gasteiger charge is 2.37. The van der Waals surface area contributed by atoms with Gasteiger partial charge < -0.3 is 44.1 Å². The van der Waals surface area contributed by atoms with Crippen molar-refractivity contribution in [3.05, 3.63) is 58.7 Å². The minimum Gasteiger partial charge on any atom is -0.507 e. The molecule has 58 heavy (non-hydrogen) atoms. The Balaban J connectivity index is 1.00. The molecule has 316 valence electrons. The topological polar surface area (TPSA) is 167 Å². The quantitative estimate of drug-likeness (QED) is 0.164. The van der Waals surface area contributed by atoms with E-state index in [1.54, 1.807) is 11.8 Å². The number of fused-ring (bicyclic) bond motifs is 1. The van der Waals surface area contributed by atoms with Crippen LogP contribution >= 0.6 is 0 Å². The molecule has 2 atom stereocenters. The second kappa shape index (κ2) is 19.6. The summed E-state index contributed by atoms with van der Waals surface area (Å²) in [6.45, 7) is 11.1. The van der Waals surface area contributed by atoms with Gasteiger partial charge in [0.1, 0.15) is 5.75 Å². The lowest BCUT2D eigenvalue weighted by Crippen LogP contribution is -2.52. The van der Waals surface area contributed by atoms with Gasteiger partial charge in [0, 0.05) is 57.8 Å². The molecule has 3 saturated heterocycles. The van der Waals surface area contributed by atoms with Crippen molar-refractivity contribution in [2.24, 2.45) is 11.8 Å². The third-order valence-corrected chi connectivity index (χ3v) is 12.1. The van der Waals surface area contributed by atoms with E-state index in [9.17, 15) is 29.1 Å². The van der Waals surface area contributed by atoms with Crippen molar-refractivity contribution in [3.8, 4) is 5.75 Å². The first-order valence-electron chi connectivity index (χ1n) is 20.8. The first kappa shape index (κ1) is 42.6. The van der Waals surface area contributed by atoms with Gasteiger partial charge in [-0.25, -0.2) is 14.4 Å². The number of ether oxygens (including phenoxy) is 4. The van der Waals surface area contributed by atoms with Crippen molar-refractivity contribution in [2.75, 3.05) is 64.3 Å². The zero-order chi connectivity index (χ0) is 41.3. The predicted molar refractivity (Wildman–Crippen MR) is 214 cm³/mol. The lowest BCUT2D eigenvalue weighted by atomic mass is 9.78. The lowest BCUT2D eigenvalue weighted by molar-refractivity contribution is -0.169. The van der Waals surface area contributed by atoms with Gasteiger partial charge >= 0.3 is 24.2 Å². The minimum atomic E-state index is -1.04. The molecule has 0 aromatic heterocycles. The summed E-state index contributed by atoms with van der Waals surface area (Å²) < 4.78 is 21.0. The van der Waals surface area contributed by atoms with E-state index in [2.05, 4.69) is 5.32 Å². The normalized spacial score (nSPS) is 19.7. The lowest BCUT2D eigenvalue weighted by Gasteiger charge is -2.41. The molecule has 4 aliphatic rings. The molecule has 1 unspecified atom stereocenters. The van der Waals surface area contributed by atoms with Crippen LogP contribution in [0.4, 0.5) is 20.1 Å². The van der Waals surface area contributed by atoms with Crippen LogP contribution in [0, 0.1) is 25.7 Å². The summed E-state index contributed by atoms with van der Waals surface area (Å²) in [6, 6.07) is 11.4. The first-order valence-corrected chi connectivity index (χ1v) is 20.8. The van der Waals surface area contributed by atoms with Crippen LogP contribution in [-0.2, 0) is 41.4 Å². The largest absolute Gasteiger partial charge is 0.511 e. The maximum Gasteiger partial charge on any atom is 0.511 e. The first-order chi connectivity index (χ1) is 27.9. The number of aromatic hydroxyl groups is 1. The summed E-state index contributed by atoms with van der Waals surface area (Å²) in [5.41, 5.74) is 4.13. The maximum atomic E-state index is 14.2. The van der Waals surface area contributed by atoms with Crippen LogP contribution in [-0.4, -0.2) is 132 Å². The van der Waals surface area contributed by atoms with Crippen molar-refractivity contribution in [1.82, 2.24) is 19.6 Å². The Morgan fingerprint density at radius 2 is 1.45 bits per heavy atom. The van der Waals surface area contributed by atoms with Gasteiger partial charge in [0.15, 0.2) is 6.10 Å². The van der Waals surface area contributed by atoms with E-state index >= 15 is 0 Å². The highest BCUT2D eigenvalue weighted by molar-refractivity contribution is 5.91. The Labute approximate surface area is 340 Å². The molecule has 0 radical (unpaired) electrons. The number of anilines is 1. The second-order valence-corrected chi connectivity index (χ2v) is 16.0. The number of amides is 4. The zero-order valence-electron chi connectivity index (χ0n) is 34.3. The number of piperidine rings is 3. The van der Waals surface area contributed by atoms with Crippen molar-refractivity contribution < 1.29 is 48.0 Å². The summed E-state index contributed by atoms with van der Waals surface area (Å²) in [5, 5.41) is 13.4. The molecule has 3 fully saturated rings. The van der Waals surface area contributed by atoms with Crippen LogP contribution < -0.4 is 5.32 Å². The van der Waals surface area contributed by atoms with Crippen molar-refractivity contribution in [1.29, 1.82) is 0 Å². The molecule has 2 N–H and O–H groups in total. The number of benzene rings is 2. The molecule has 4 aliphatic heterocycles. The minimum absolute atomic E-state index is 0.0169. The number of nitrogens with zero attached hydrogens (tertiary/aromatic N) is 4. The highest BCUT2D eigenvalue weighted by Crippen LogP contribution is 2.33. The van der Waals surface area contributed by atoms with Gasteiger partial charge in [-0.1, -0.05) is 30.3 Å². The number of nitrogens with one attached hydrogen (secondary N) is 1. The van der Waals surface area contributed by atoms with E-state index in [1.165, 1.54) is 6.92 Å². The average molecular weight is 806 g/mol. The van der Waals surface area contributed by atoms with Crippen LogP contribution in [0.15, 0.2) is 36.4 Å². The van der Waals surface area contributed by atoms with Crippen LogP contribution in [0.25, 0.3) is 0 Å². The molecule has 0 aliphatic carbocycles. The van der Waals surface area contributed by atoms with E-state index in [0.29, 0.717) is 68.5 Å². The molecule has 0 spiro atoms. The zero-order valence-corrected chi connectivity index (χ0v) is 34.3. The number of para-hydroxylation sites is 1. The van der Waals surface area contributed by atoms with Crippen LogP contribution in [0.5, 0.6) is 5.75 Å². The van der Waals surface area contributed by atoms with Gasteiger partial charge in [-0.3, -0.25) is 14.5 Å². The number of phenolic OH excluding ortho intramolecular Hbond substituents is 1. The van der Waals surface area contributed by atoms with Gasteiger partial charge in [0.2, 0.25) is 6.29 Å². The molecule has 4 amide bonds. The number of likely N-dealkylation sites (tertiary alicyclic amines) is 3. The number of aryl methyl sites for hydroxylation is 2. The standard InChI is InChI=1S/C43H59N5O10/c1-5-55-43(54)57-30(4)56-38(49)27-45-17-10-32(11-18-45)33-12-19-46(20-13-33)40(51)37(26-31-24-28(2)39(50)29(3)25-31)58-42(53)47-21-15-35(16-22-47)48-23-14-34-8-6-7-9-36(34)44-41(48)52/h6-9,24-25,30,32-33,35,37,50H,5,10-23,26-27H2,1-4H3,(H,44,52)/t30?,37-/m1/s1. The third kappa shape index (κ3) is 10.9. The van der Waals surface area contributed by atoms with Crippen LogP contribution in [0.1, 0.15) is 74.6 Å². The Morgan fingerprint density at radius 3 is 2.10 bits per heavy atom. The molecule has 15 nitrogen and oxygen atoms in total. The Morgan fingerprint density at radius 1 is 0.828 bits per heavy atom. The van der Waals surface area contributed by atoms with E-state index in [1.807, 2.05) is 64.9 Å². The number of hydrogen-bond donors (Lipinski definition) is 2. The molecule has 4 heterocycles. The summed E-state index contributed by atoms with van der Waals surface area (Å²) >= 11 is 0. The highest BCUT2D eigenvalue weighted by atomic mass is 16.8. The van der Waals surface area contributed by atoms with E-state index in [0.717, 1.165) is 62.0 Å². The van der Waals surface area contributed by atoms with Crippen molar-refractivity contribution in [2.45, 2.75) is 97.5 Å². The monoisotopic (exact) mass is 805 g/mol. The fourth-order valence-corrected chi connectivity index (χ4v) is 8.95. The van der Waals surface area contributed by atoms with Gasteiger partial charge in [0.25, 0.3) is 5.91 Å². The van der Waals surface area contributed by atoms with E-state index in [4.69, 9.17) is 18.9 Å². The number of esters is 1. The van der Waals surface area contributed by atoms with Gasteiger partial charge in [-0.15, -0.1) is 0 Å².